The number of hydrogen-bond donors (Lipinski definition) is 3. The number of methoxy groups -OCH3 is 1. The molecule has 2 aromatic carbocycles. The molecule has 5 rings (SSSR count). The monoisotopic (exact) mass is 771 g/mol. The Morgan fingerprint density at radius 3 is 2.36 bits per heavy atom. The quantitative estimate of drug-likeness (QED) is 0.268. The molecular formula is C42H57N7O7. The average molecular weight is 772 g/mol. The van der Waals surface area contributed by atoms with Crippen LogP contribution in [-0.2, 0) is 43.3 Å². The third kappa shape index (κ3) is 11.2. The van der Waals surface area contributed by atoms with E-state index in [0.717, 1.165) is 23.2 Å². The lowest BCUT2D eigenvalue weighted by molar-refractivity contribution is -0.141. The van der Waals surface area contributed by atoms with Crippen molar-refractivity contribution >= 4 is 29.5 Å². The number of benzene rings is 2. The average Bonchev–Trinajstić information content (AvgIpc) is 3.78. The zero-order valence-electron chi connectivity index (χ0n) is 33.5. The molecule has 2 aliphatic heterocycles. The van der Waals surface area contributed by atoms with Crippen LogP contribution >= 0.6 is 0 Å². The van der Waals surface area contributed by atoms with Crippen LogP contribution in [0.25, 0.3) is 0 Å². The van der Waals surface area contributed by atoms with E-state index in [9.17, 15) is 24.0 Å². The number of ether oxygens (including phenoxy) is 2. The van der Waals surface area contributed by atoms with Crippen molar-refractivity contribution in [3.8, 4) is 5.75 Å². The van der Waals surface area contributed by atoms with Gasteiger partial charge < -0.3 is 35.2 Å². The van der Waals surface area contributed by atoms with E-state index < -0.39 is 41.8 Å². The molecule has 0 aliphatic carbocycles. The van der Waals surface area contributed by atoms with Crippen molar-refractivity contribution in [3.63, 3.8) is 0 Å². The lowest BCUT2D eigenvalue weighted by Crippen LogP contribution is -2.56. The van der Waals surface area contributed by atoms with Gasteiger partial charge in [-0.1, -0.05) is 70.2 Å². The van der Waals surface area contributed by atoms with Gasteiger partial charge in [-0.25, -0.2) is 0 Å². The molecule has 3 N–H and O–H groups in total. The fourth-order valence-electron chi connectivity index (χ4n) is 7.37. The Morgan fingerprint density at radius 1 is 0.911 bits per heavy atom. The van der Waals surface area contributed by atoms with E-state index in [4.69, 9.17) is 14.6 Å². The molecule has 5 amide bonds. The third-order valence-corrected chi connectivity index (χ3v) is 10.0. The van der Waals surface area contributed by atoms with Crippen LogP contribution in [0.1, 0.15) is 74.3 Å². The summed E-state index contributed by atoms with van der Waals surface area (Å²) in [5, 5.41) is 13.6. The van der Waals surface area contributed by atoms with Crippen LogP contribution < -0.4 is 20.7 Å². The maximum absolute atomic E-state index is 14.4. The topological polar surface area (TPSA) is 164 Å². The number of carbonyl (C=O) groups excluding carboxylic acids is 5. The Labute approximate surface area is 329 Å². The van der Waals surface area contributed by atoms with Crippen LogP contribution in [0.5, 0.6) is 5.75 Å². The van der Waals surface area contributed by atoms with Gasteiger partial charge in [0.25, 0.3) is 11.8 Å². The van der Waals surface area contributed by atoms with Gasteiger partial charge in [-0.05, 0) is 60.9 Å². The van der Waals surface area contributed by atoms with Gasteiger partial charge in [0.2, 0.25) is 17.7 Å². The maximum atomic E-state index is 14.4. The molecule has 0 spiro atoms. The molecular weight excluding hydrogens is 715 g/mol. The van der Waals surface area contributed by atoms with Crippen LogP contribution in [0.3, 0.4) is 0 Å². The van der Waals surface area contributed by atoms with Crippen molar-refractivity contribution in [2.45, 2.75) is 84.5 Å². The van der Waals surface area contributed by atoms with Gasteiger partial charge in [0.15, 0.2) is 6.61 Å². The maximum Gasteiger partial charge on any atom is 0.272 e. The second-order valence-corrected chi connectivity index (χ2v) is 15.5. The molecule has 0 radical (unpaired) electrons. The van der Waals surface area contributed by atoms with E-state index in [1.165, 1.54) is 12.0 Å². The first-order valence-corrected chi connectivity index (χ1v) is 19.6. The number of nitrogens with one attached hydrogen (secondary N) is 3. The zero-order chi connectivity index (χ0) is 40.4. The van der Waals surface area contributed by atoms with Crippen LogP contribution in [0.2, 0.25) is 0 Å². The fraction of sp³-hybridized carbons (Fsp3) is 0.524. The standard InChI is InChI=1S/C42H57N7O7/c1-7-49-37(22-31(46-49)18-27(2)3)42(54)48-23-33-30-14-11-15-32(21-30)56-26-39(51)44-35(19-28(4)5)41(53)47(16-17-55-6)25-38(50)43-34(40(52)45-36(33)24-48)20-29-12-9-8-10-13-29/h8-15,21-22,27-28,33-36H,7,16-20,23-26H2,1-6H3,(H,43,50)(H,44,51)(H,45,52)/t33-,34-,35+,36+/m0/s1. The van der Waals surface area contributed by atoms with Crippen molar-refractivity contribution < 1.29 is 33.4 Å². The fourth-order valence-corrected chi connectivity index (χ4v) is 7.37. The molecule has 1 saturated heterocycles. The van der Waals surface area contributed by atoms with Gasteiger partial charge in [-0.2, -0.15) is 5.10 Å². The number of hydrogen-bond acceptors (Lipinski definition) is 8. The van der Waals surface area contributed by atoms with Crippen LogP contribution in [0, 0.1) is 11.8 Å². The molecule has 0 unspecified atom stereocenters. The summed E-state index contributed by atoms with van der Waals surface area (Å²) in [4.78, 5) is 72.8. The van der Waals surface area contributed by atoms with Crippen molar-refractivity contribution in [1.82, 2.24) is 35.5 Å². The summed E-state index contributed by atoms with van der Waals surface area (Å²) in [5.41, 5.74) is 2.97. The minimum atomic E-state index is -1.01. The molecule has 2 bridgehead atoms. The summed E-state index contributed by atoms with van der Waals surface area (Å²) in [6.07, 6.45) is 1.26. The highest BCUT2D eigenvalue weighted by molar-refractivity contribution is 5.94. The van der Waals surface area contributed by atoms with Crippen LogP contribution in [0.15, 0.2) is 60.7 Å². The first-order chi connectivity index (χ1) is 26.8. The predicted octanol–water partition coefficient (Wildman–Crippen LogP) is 2.95. The molecule has 3 heterocycles. The van der Waals surface area contributed by atoms with E-state index in [1.54, 1.807) is 15.6 Å². The summed E-state index contributed by atoms with van der Waals surface area (Å²) < 4.78 is 13.0. The van der Waals surface area contributed by atoms with Crippen LogP contribution in [0.4, 0.5) is 0 Å². The molecule has 302 valence electrons. The van der Waals surface area contributed by atoms with Crippen molar-refractivity contribution in [1.29, 1.82) is 0 Å². The normalized spacial score (nSPS) is 21.2. The Bertz CT molecular complexity index is 1830. The number of nitrogens with zero attached hydrogens (tertiary/aromatic N) is 4. The minimum absolute atomic E-state index is 0.0483. The SMILES string of the molecule is CCn1nc(CC(C)C)cc1C(=O)N1C[C@H]2NC(=O)[C@H](Cc3ccccc3)NC(=O)CN(CCOC)C(=O)[C@@H](CC(C)C)NC(=O)COc3cccc(c3)[C@@H]2C1. The summed E-state index contributed by atoms with van der Waals surface area (Å²) in [6.45, 7) is 10.6. The molecule has 0 saturated carbocycles. The van der Waals surface area contributed by atoms with E-state index in [2.05, 4.69) is 29.8 Å². The summed E-state index contributed by atoms with van der Waals surface area (Å²) in [7, 11) is 1.50. The molecule has 3 aromatic rings. The molecule has 2 aliphatic rings. The Kier molecular flexibility index (Phi) is 14.6. The second kappa shape index (κ2) is 19.6. The number of aryl methyl sites for hydroxylation is 1. The van der Waals surface area contributed by atoms with Gasteiger partial charge in [0.05, 0.1) is 24.9 Å². The van der Waals surface area contributed by atoms with E-state index in [-0.39, 0.29) is 57.0 Å². The highest BCUT2D eigenvalue weighted by Gasteiger charge is 2.40. The predicted molar refractivity (Wildman–Crippen MR) is 211 cm³/mol. The number of fused-ring (bicyclic) bond motifs is 4. The third-order valence-electron chi connectivity index (χ3n) is 10.0. The Balaban J connectivity index is 1.51. The molecule has 14 nitrogen and oxygen atoms in total. The summed E-state index contributed by atoms with van der Waals surface area (Å²) in [6, 6.07) is 16.0. The number of amides is 5. The molecule has 1 aromatic heterocycles. The van der Waals surface area contributed by atoms with E-state index in [0.29, 0.717) is 36.9 Å². The zero-order valence-corrected chi connectivity index (χ0v) is 33.5. The van der Waals surface area contributed by atoms with Crippen molar-refractivity contribution in [2.75, 3.05) is 46.5 Å². The highest BCUT2D eigenvalue weighted by atomic mass is 16.5. The first kappa shape index (κ1) is 41.9. The largest absolute Gasteiger partial charge is 0.484 e. The van der Waals surface area contributed by atoms with Crippen molar-refractivity contribution in [3.05, 3.63) is 83.2 Å². The van der Waals surface area contributed by atoms with E-state index >= 15 is 0 Å². The smallest absolute Gasteiger partial charge is 0.272 e. The van der Waals surface area contributed by atoms with Gasteiger partial charge >= 0.3 is 0 Å². The van der Waals surface area contributed by atoms with Gasteiger partial charge in [-0.3, -0.25) is 28.7 Å². The van der Waals surface area contributed by atoms with Gasteiger partial charge in [-0.15, -0.1) is 0 Å². The lowest BCUT2D eigenvalue weighted by Gasteiger charge is -2.29. The number of likely N-dealkylation sites (tertiary alicyclic amines) is 1. The molecule has 56 heavy (non-hydrogen) atoms. The molecule has 14 heteroatoms. The lowest BCUT2D eigenvalue weighted by atomic mass is 9.93. The van der Waals surface area contributed by atoms with Gasteiger partial charge in [0, 0.05) is 45.6 Å². The highest BCUT2D eigenvalue weighted by Crippen LogP contribution is 2.31. The Hall–Kier alpha value is -5.24. The van der Waals surface area contributed by atoms with E-state index in [1.807, 2.05) is 75.4 Å². The summed E-state index contributed by atoms with van der Waals surface area (Å²) in [5.74, 6) is -1.58. The first-order valence-electron chi connectivity index (χ1n) is 19.6. The number of carbonyl (C=O) groups is 5. The van der Waals surface area contributed by atoms with Gasteiger partial charge in [0.1, 0.15) is 23.5 Å². The van der Waals surface area contributed by atoms with Crippen LogP contribution in [-0.4, -0.2) is 114 Å². The number of aromatic nitrogens is 2. The minimum Gasteiger partial charge on any atom is -0.484 e. The van der Waals surface area contributed by atoms with Crippen molar-refractivity contribution in [2.24, 2.45) is 11.8 Å². The number of rotatable bonds is 11. The second-order valence-electron chi connectivity index (χ2n) is 15.5. The Morgan fingerprint density at radius 2 is 1.66 bits per heavy atom. The summed E-state index contributed by atoms with van der Waals surface area (Å²) >= 11 is 0. The molecule has 1 fully saturated rings. The molecule has 4 atom stereocenters.